The first-order chi connectivity index (χ1) is 15.3. The van der Waals surface area contributed by atoms with Crippen LogP contribution in [0.1, 0.15) is 10.4 Å². The Bertz CT molecular complexity index is 1270. The number of rotatable bonds is 6. The summed E-state index contributed by atoms with van der Waals surface area (Å²) in [6.45, 7) is -0.0228. The summed E-state index contributed by atoms with van der Waals surface area (Å²) in [7, 11) is 0. The molecule has 0 fully saturated rings. The van der Waals surface area contributed by atoms with Crippen molar-refractivity contribution in [1.82, 2.24) is 19.9 Å². The van der Waals surface area contributed by atoms with Crippen LogP contribution in [0.3, 0.4) is 0 Å². The van der Waals surface area contributed by atoms with E-state index in [-0.39, 0.29) is 24.8 Å². The lowest BCUT2D eigenvalue weighted by Gasteiger charge is -2.10. The highest BCUT2D eigenvalue weighted by Gasteiger charge is 2.31. The van der Waals surface area contributed by atoms with Crippen molar-refractivity contribution in [2.45, 2.75) is 6.36 Å². The van der Waals surface area contributed by atoms with E-state index in [2.05, 4.69) is 20.1 Å². The summed E-state index contributed by atoms with van der Waals surface area (Å²) in [4.78, 5) is 16.4. The average Bonchev–Trinajstić information content (AvgIpc) is 3.20. The Morgan fingerprint density at radius 2 is 1.84 bits per heavy atom. The number of ether oxygens (including phenoxy) is 1. The molecule has 0 atom stereocenters. The summed E-state index contributed by atoms with van der Waals surface area (Å²) in [6, 6.07) is 15.8. The lowest BCUT2D eigenvalue weighted by atomic mass is 10.1. The van der Waals surface area contributed by atoms with E-state index in [9.17, 15) is 18.0 Å². The summed E-state index contributed by atoms with van der Waals surface area (Å²) < 4.78 is 43.2. The molecule has 0 aliphatic carbocycles. The van der Waals surface area contributed by atoms with Gasteiger partial charge in [0.1, 0.15) is 5.75 Å². The molecule has 4 aromatic rings. The van der Waals surface area contributed by atoms with E-state index in [1.165, 1.54) is 28.9 Å². The first-order valence-corrected chi connectivity index (χ1v) is 9.54. The van der Waals surface area contributed by atoms with Gasteiger partial charge in [-0.1, -0.05) is 24.3 Å². The van der Waals surface area contributed by atoms with Crippen LogP contribution in [0, 0.1) is 0 Å². The maximum absolute atomic E-state index is 12.6. The fourth-order valence-electron chi connectivity index (χ4n) is 3.17. The van der Waals surface area contributed by atoms with Gasteiger partial charge in [0.05, 0.1) is 24.2 Å². The molecule has 2 N–H and O–H groups in total. The van der Waals surface area contributed by atoms with Crippen LogP contribution in [0.25, 0.3) is 28.2 Å². The molecule has 0 saturated heterocycles. The van der Waals surface area contributed by atoms with Crippen LogP contribution in [0.15, 0.2) is 66.9 Å². The van der Waals surface area contributed by atoms with Gasteiger partial charge in [-0.3, -0.25) is 4.79 Å². The fourth-order valence-corrected chi connectivity index (χ4v) is 3.17. The second-order valence-electron chi connectivity index (χ2n) is 6.77. The molecular weight excluding hydrogens is 425 g/mol. The van der Waals surface area contributed by atoms with E-state index >= 15 is 0 Å². The predicted molar refractivity (Wildman–Crippen MR) is 110 cm³/mol. The van der Waals surface area contributed by atoms with Gasteiger partial charge < -0.3 is 15.2 Å². The molecule has 0 spiro atoms. The molecule has 7 nitrogen and oxygen atoms in total. The number of aliphatic hydroxyl groups excluding tert-OH is 1. The molecular formula is C22H17F3N4O3. The Morgan fingerprint density at radius 3 is 2.62 bits per heavy atom. The molecule has 2 aromatic carbocycles. The number of hydrogen-bond acceptors (Lipinski definition) is 5. The van der Waals surface area contributed by atoms with E-state index in [0.29, 0.717) is 33.7 Å². The van der Waals surface area contributed by atoms with Gasteiger partial charge in [-0.2, -0.15) is 5.10 Å². The average molecular weight is 442 g/mol. The zero-order valence-corrected chi connectivity index (χ0v) is 16.5. The monoisotopic (exact) mass is 442 g/mol. The van der Waals surface area contributed by atoms with Gasteiger partial charge in [0, 0.05) is 23.2 Å². The molecule has 0 aliphatic rings. The van der Waals surface area contributed by atoms with Gasteiger partial charge >= 0.3 is 6.36 Å². The van der Waals surface area contributed by atoms with Crippen molar-refractivity contribution < 1.29 is 27.8 Å². The maximum atomic E-state index is 12.6. The number of aliphatic hydroxyl groups is 1. The smallest absolute Gasteiger partial charge is 0.406 e. The number of halogens is 3. The summed E-state index contributed by atoms with van der Waals surface area (Å²) >= 11 is 0. The quantitative estimate of drug-likeness (QED) is 0.476. The highest BCUT2D eigenvalue weighted by atomic mass is 19.4. The van der Waals surface area contributed by atoms with Crippen LogP contribution in [0.4, 0.5) is 13.2 Å². The van der Waals surface area contributed by atoms with Crippen molar-refractivity contribution in [1.29, 1.82) is 0 Å². The number of hydrogen-bond donors (Lipinski definition) is 2. The summed E-state index contributed by atoms with van der Waals surface area (Å²) in [6.07, 6.45) is -3.28. The van der Waals surface area contributed by atoms with E-state index in [0.717, 1.165) is 0 Å². The summed E-state index contributed by atoms with van der Waals surface area (Å²) in [5.41, 5.74) is 3.03. The Balaban J connectivity index is 1.70. The van der Waals surface area contributed by atoms with Gasteiger partial charge in [0.15, 0.2) is 5.65 Å². The van der Waals surface area contributed by atoms with E-state index in [1.54, 1.807) is 42.5 Å². The molecule has 1 amide bonds. The molecule has 10 heteroatoms. The summed E-state index contributed by atoms with van der Waals surface area (Å²) in [5.74, 6) is -0.672. The van der Waals surface area contributed by atoms with Crippen molar-refractivity contribution >= 4 is 11.6 Å². The normalized spacial score (nSPS) is 11.5. The molecule has 164 valence electrons. The standard InChI is InChI=1S/C22H17F3N4O3/c23-22(24,25)32-17-6-2-4-15(12-17)19-13-27-20-8-7-18(28-29(19)20)14-3-1-5-16(11-14)21(31)26-9-10-30/h1-8,11-13,30H,9-10H2,(H,26,31). The summed E-state index contributed by atoms with van der Waals surface area (Å²) in [5, 5.41) is 16.0. The second kappa shape index (κ2) is 8.67. The number of nitrogens with zero attached hydrogens (tertiary/aromatic N) is 3. The van der Waals surface area contributed by atoms with Crippen LogP contribution in [0.2, 0.25) is 0 Å². The molecule has 0 bridgehead atoms. The molecule has 0 unspecified atom stereocenters. The SMILES string of the molecule is O=C(NCCO)c1cccc(-c2ccc3ncc(-c4cccc(OC(F)(F)F)c4)n3n2)c1. The minimum absolute atomic E-state index is 0.142. The molecule has 0 aliphatic heterocycles. The van der Waals surface area contributed by atoms with Gasteiger partial charge in [-0.25, -0.2) is 9.50 Å². The van der Waals surface area contributed by atoms with Crippen LogP contribution in [0.5, 0.6) is 5.75 Å². The predicted octanol–water partition coefficient (Wildman–Crippen LogP) is 3.68. The lowest BCUT2D eigenvalue weighted by molar-refractivity contribution is -0.274. The zero-order chi connectivity index (χ0) is 22.7. The Hall–Kier alpha value is -3.92. The Labute approximate surface area is 180 Å². The lowest BCUT2D eigenvalue weighted by Crippen LogP contribution is -2.26. The number of aromatic nitrogens is 3. The van der Waals surface area contributed by atoms with E-state index in [4.69, 9.17) is 5.11 Å². The molecule has 2 heterocycles. The van der Waals surface area contributed by atoms with Gasteiger partial charge in [-0.05, 0) is 36.4 Å². The largest absolute Gasteiger partial charge is 0.573 e. The second-order valence-corrected chi connectivity index (χ2v) is 6.77. The van der Waals surface area contributed by atoms with E-state index < -0.39 is 6.36 Å². The van der Waals surface area contributed by atoms with Crippen LogP contribution in [-0.2, 0) is 0 Å². The minimum Gasteiger partial charge on any atom is -0.406 e. The number of amides is 1. The zero-order valence-electron chi connectivity index (χ0n) is 16.5. The number of fused-ring (bicyclic) bond motifs is 1. The van der Waals surface area contributed by atoms with Crippen molar-refractivity contribution in [2.24, 2.45) is 0 Å². The van der Waals surface area contributed by atoms with Gasteiger partial charge in [0.2, 0.25) is 0 Å². The third-order valence-corrected chi connectivity index (χ3v) is 4.54. The number of benzene rings is 2. The van der Waals surface area contributed by atoms with E-state index in [1.807, 2.05) is 0 Å². The van der Waals surface area contributed by atoms with Crippen LogP contribution < -0.4 is 10.1 Å². The number of carbonyl (C=O) groups is 1. The number of carbonyl (C=O) groups excluding carboxylic acids is 1. The highest BCUT2D eigenvalue weighted by molar-refractivity contribution is 5.95. The van der Waals surface area contributed by atoms with Gasteiger partial charge in [-0.15, -0.1) is 13.2 Å². The fraction of sp³-hybridized carbons (Fsp3) is 0.136. The molecule has 0 radical (unpaired) electrons. The van der Waals surface area contributed by atoms with Crippen molar-refractivity contribution in [2.75, 3.05) is 13.2 Å². The Kier molecular flexibility index (Phi) is 5.78. The van der Waals surface area contributed by atoms with Gasteiger partial charge in [0.25, 0.3) is 5.91 Å². The molecule has 0 saturated carbocycles. The third-order valence-electron chi connectivity index (χ3n) is 4.54. The minimum atomic E-state index is -4.79. The first-order valence-electron chi connectivity index (χ1n) is 9.54. The third kappa shape index (κ3) is 4.70. The first kappa shape index (κ1) is 21.3. The highest BCUT2D eigenvalue weighted by Crippen LogP contribution is 2.29. The number of alkyl halides is 3. The number of nitrogens with one attached hydrogen (secondary N) is 1. The maximum Gasteiger partial charge on any atom is 0.573 e. The molecule has 32 heavy (non-hydrogen) atoms. The van der Waals surface area contributed by atoms with Crippen molar-refractivity contribution in [3.05, 3.63) is 72.4 Å². The molecule has 2 aromatic heterocycles. The molecule has 4 rings (SSSR count). The van der Waals surface area contributed by atoms with Crippen molar-refractivity contribution in [3.8, 4) is 28.3 Å². The number of imidazole rings is 1. The van der Waals surface area contributed by atoms with Crippen molar-refractivity contribution in [3.63, 3.8) is 0 Å². The van der Waals surface area contributed by atoms with Crippen LogP contribution >= 0.6 is 0 Å². The van der Waals surface area contributed by atoms with Crippen LogP contribution in [-0.4, -0.2) is 45.1 Å². The topological polar surface area (TPSA) is 88.8 Å². The Morgan fingerprint density at radius 1 is 1.06 bits per heavy atom.